The number of rotatable bonds is 1. The molecule has 6 heteroatoms. The molecule has 2 aromatic heterocycles. The van der Waals surface area contributed by atoms with Crippen LogP contribution in [0.2, 0.25) is 0 Å². The van der Waals surface area contributed by atoms with Crippen LogP contribution in [-0.4, -0.2) is 21.0 Å². The monoisotopic (exact) mass is 314 g/mol. The van der Waals surface area contributed by atoms with Crippen molar-refractivity contribution < 1.29 is 9.90 Å². The molecule has 0 unspecified atom stereocenters. The number of fused-ring (bicyclic) bond motifs is 2. The van der Waals surface area contributed by atoms with E-state index in [1.54, 1.807) is 35.0 Å². The molecule has 0 fully saturated rings. The van der Waals surface area contributed by atoms with Gasteiger partial charge in [-0.3, -0.25) is 0 Å². The third-order valence-corrected chi connectivity index (χ3v) is 4.51. The largest absolute Gasteiger partial charge is 0.478 e. The minimum Gasteiger partial charge on any atom is -0.478 e. The highest BCUT2D eigenvalue weighted by atomic mass is 32.1. The fourth-order valence-corrected chi connectivity index (χ4v) is 3.33. The molecule has 104 valence electrons. The average molecular weight is 314 g/mol. The maximum atomic E-state index is 10.7. The van der Waals surface area contributed by atoms with Gasteiger partial charge in [0.2, 0.25) is 0 Å². The van der Waals surface area contributed by atoms with Gasteiger partial charge >= 0.3 is 5.97 Å². The summed E-state index contributed by atoms with van der Waals surface area (Å²) < 4.78 is 2.00. The van der Waals surface area contributed by atoms with Crippen molar-refractivity contribution in [2.75, 3.05) is 0 Å². The van der Waals surface area contributed by atoms with Gasteiger partial charge in [0.05, 0.1) is 37.0 Å². The summed E-state index contributed by atoms with van der Waals surface area (Å²) in [4.78, 5) is 18.8. The predicted octanol–water partition coefficient (Wildman–Crippen LogP) is 4.29. The van der Waals surface area contributed by atoms with Crippen LogP contribution >= 0.6 is 22.7 Å². The van der Waals surface area contributed by atoms with Crippen LogP contribution in [0.3, 0.4) is 0 Å². The van der Waals surface area contributed by atoms with Gasteiger partial charge in [-0.2, -0.15) is 0 Å². The molecule has 1 N–H and O–H groups in total. The van der Waals surface area contributed by atoms with E-state index in [0.717, 1.165) is 15.7 Å². The zero-order chi connectivity index (χ0) is 14.7. The number of hydrogen-bond donors (Lipinski definition) is 1. The number of nitrogens with zero attached hydrogens (tertiary/aromatic N) is 2. The van der Waals surface area contributed by atoms with Gasteiger partial charge in [-0.05, 0) is 24.3 Å². The molecule has 2 heterocycles. The topological polar surface area (TPSA) is 63.1 Å². The second-order valence-corrected chi connectivity index (χ2v) is 5.87. The molecular weight excluding hydrogens is 304 g/mol. The molecule has 0 saturated heterocycles. The van der Waals surface area contributed by atoms with Crippen LogP contribution in [0.15, 0.2) is 53.5 Å². The smallest absolute Gasteiger partial charge is 0.337 e. The van der Waals surface area contributed by atoms with Crippen molar-refractivity contribution in [1.82, 2.24) is 9.97 Å². The van der Waals surface area contributed by atoms with E-state index in [2.05, 4.69) is 16.0 Å². The lowest BCUT2D eigenvalue weighted by Crippen LogP contribution is -1.95. The summed E-state index contributed by atoms with van der Waals surface area (Å²) in [6.45, 7) is 0. The van der Waals surface area contributed by atoms with Crippen molar-refractivity contribution in [3.8, 4) is 0 Å². The quantitative estimate of drug-likeness (QED) is 0.569. The molecule has 0 radical (unpaired) electrons. The normalized spacial score (nSPS) is 10.3. The van der Waals surface area contributed by atoms with E-state index in [1.807, 2.05) is 23.7 Å². The van der Waals surface area contributed by atoms with E-state index in [0.29, 0.717) is 5.56 Å². The van der Waals surface area contributed by atoms with Crippen LogP contribution in [0.1, 0.15) is 10.4 Å². The number of benzene rings is 2. The second-order valence-electron chi connectivity index (χ2n) is 4.13. The first kappa shape index (κ1) is 13.7. The van der Waals surface area contributed by atoms with E-state index in [4.69, 9.17) is 5.11 Å². The number of carboxylic acid groups (broad SMARTS) is 1. The highest BCUT2D eigenvalue weighted by Crippen LogP contribution is 2.21. The van der Waals surface area contributed by atoms with Crippen LogP contribution in [0.4, 0.5) is 0 Å². The lowest BCUT2D eigenvalue weighted by atomic mass is 10.2. The molecule has 4 rings (SSSR count). The first-order valence-corrected chi connectivity index (χ1v) is 7.85. The Balaban J connectivity index is 0.000000131. The van der Waals surface area contributed by atoms with Gasteiger partial charge in [0.15, 0.2) is 0 Å². The van der Waals surface area contributed by atoms with Crippen molar-refractivity contribution in [2.24, 2.45) is 0 Å². The minimum absolute atomic E-state index is 0.329. The van der Waals surface area contributed by atoms with Crippen molar-refractivity contribution in [1.29, 1.82) is 0 Å². The summed E-state index contributed by atoms with van der Waals surface area (Å²) in [5.74, 6) is -0.898. The van der Waals surface area contributed by atoms with Gasteiger partial charge in [0, 0.05) is 0 Å². The highest BCUT2D eigenvalue weighted by Gasteiger charge is 2.08. The van der Waals surface area contributed by atoms with Crippen molar-refractivity contribution in [2.45, 2.75) is 0 Å². The standard InChI is InChI=1S/C8H5NO2S.C7H5NS/c10-8(11)5-2-1-3-6-7(5)12-4-9-6;1-2-4-7-6(3-1)8-5-9-7/h1-4H,(H,10,11);1-5H. The Morgan fingerprint density at radius 3 is 2.43 bits per heavy atom. The number of thiazole rings is 2. The Morgan fingerprint density at radius 1 is 0.905 bits per heavy atom. The van der Waals surface area contributed by atoms with Crippen LogP contribution in [0.25, 0.3) is 20.4 Å². The zero-order valence-electron chi connectivity index (χ0n) is 10.8. The number of aromatic carboxylic acids is 1. The molecule has 0 aliphatic carbocycles. The summed E-state index contributed by atoms with van der Waals surface area (Å²) in [6, 6.07) is 13.2. The molecule has 2 aromatic carbocycles. The Hall–Kier alpha value is -2.31. The molecule has 0 aliphatic heterocycles. The van der Waals surface area contributed by atoms with Crippen LogP contribution in [-0.2, 0) is 0 Å². The van der Waals surface area contributed by atoms with Crippen LogP contribution < -0.4 is 0 Å². The van der Waals surface area contributed by atoms with Crippen molar-refractivity contribution >= 4 is 49.1 Å². The van der Waals surface area contributed by atoms with Crippen molar-refractivity contribution in [3.05, 3.63) is 59.0 Å². The molecule has 0 bridgehead atoms. The van der Waals surface area contributed by atoms with E-state index in [-0.39, 0.29) is 0 Å². The fraction of sp³-hybridized carbons (Fsp3) is 0. The van der Waals surface area contributed by atoms with Gasteiger partial charge in [-0.15, -0.1) is 22.7 Å². The summed E-state index contributed by atoms with van der Waals surface area (Å²) >= 11 is 3.03. The number of carbonyl (C=O) groups is 1. The summed E-state index contributed by atoms with van der Waals surface area (Å²) in [7, 11) is 0. The Kier molecular flexibility index (Phi) is 3.89. The Bertz CT molecular complexity index is 868. The third kappa shape index (κ3) is 2.91. The molecule has 0 aliphatic rings. The molecule has 0 amide bonds. The fourth-order valence-electron chi connectivity index (χ4n) is 1.86. The lowest BCUT2D eigenvalue weighted by molar-refractivity contribution is 0.0699. The number of para-hydroxylation sites is 1. The summed E-state index contributed by atoms with van der Waals surface area (Å²) in [6.07, 6.45) is 0. The van der Waals surface area contributed by atoms with Gasteiger partial charge in [-0.25, -0.2) is 14.8 Å². The van der Waals surface area contributed by atoms with Gasteiger partial charge in [-0.1, -0.05) is 18.2 Å². The first-order chi connectivity index (χ1) is 10.3. The summed E-state index contributed by atoms with van der Waals surface area (Å²) in [5, 5.41) is 8.78. The number of carboxylic acids is 1. The second kappa shape index (κ2) is 5.99. The highest BCUT2D eigenvalue weighted by molar-refractivity contribution is 7.17. The van der Waals surface area contributed by atoms with Crippen molar-refractivity contribution in [3.63, 3.8) is 0 Å². The van der Waals surface area contributed by atoms with Gasteiger partial charge in [0.25, 0.3) is 0 Å². The maximum absolute atomic E-state index is 10.7. The number of hydrogen-bond acceptors (Lipinski definition) is 5. The molecule has 0 atom stereocenters. The van der Waals surface area contributed by atoms with Crippen LogP contribution in [0, 0.1) is 0 Å². The lowest BCUT2D eigenvalue weighted by Gasteiger charge is -1.93. The Labute approximate surface area is 128 Å². The molecule has 0 spiro atoms. The van der Waals surface area contributed by atoms with E-state index in [1.165, 1.54) is 16.0 Å². The van der Waals surface area contributed by atoms with E-state index < -0.39 is 5.97 Å². The predicted molar refractivity (Wildman–Crippen MR) is 86.2 cm³/mol. The minimum atomic E-state index is -0.898. The van der Waals surface area contributed by atoms with E-state index in [9.17, 15) is 4.79 Å². The Morgan fingerprint density at radius 2 is 1.62 bits per heavy atom. The average Bonchev–Trinajstić information content (AvgIpc) is 3.16. The third-order valence-electron chi connectivity index (χ3n) is 2.82. The molecule has 4 aromatic rings. The van der Waals surface area contributed by atoms with Crippen LogP contribution in [0.5, 0.6) is 0 Å². The van der Waals surface area contributed by atoms with Gasteiger partial charge < -0.3 is 5.11 Å². The molecular formula is C15H10N2O2S2. The molecule has 0 saturated carbocycles. The zero-order valence-corrected chi connectivity index (χ0v) is 12.4. The van der Waals surface area contributed by atoms with Gasteiger partial charge in [0.1, 0.15) is 0 Å². The molecule has 4 nitrogen and oxygen atoms in total. The van der Waals surface area contributed by atoms with E-state index >= 15 is 0 Å². The SMILES string of the molecule is O=C(O)c1cccc2ncsc12.c1ccc2scnc2c1. The first-order valence-electron chi connectivity index (χ1n) is 6.09. The maximum Gasteiger partial charge on any atom is 0.337 e. The number of aromatic nitrogens is 2. The summed E-state index contributed by atoms with van der Waals surface area (Å²) in [5.41, 5.74) is 5.69. The molecule has 21 heavy (non-hydrogen) atoms.